The van der Waals surface area contributed by atoms with Gasteiger partial charge in [0.2, 0.25) is 0 Å². The molecule has 48 heavy (non-hydrogen) atoms. The van der Waals surface area contributed by atoms with Crippen molar-refractivity contribution in [1.29, 1.82) is 0 Å². The lowest BCUT2D eigenvalue weighted by Crippen LogP contribution is -2.26. The van der Waals surface area contributed by atoms with E-state index in [1.807, 2.05) is 44.2 Å². The highest BCUT2D eigenvalue weighted by atomic mass is 19.1. The fraction of sp³-hybridized carbons (Fsp3) is 0.286. The van der Waals surface area contributed by atoms with E-state index in [1.54, 1.807) is 10.9 Å². The Hall–Kier alpha value is -5.43. The van der Waals surface area contributed by atoms with Gasteiger partial charge in [-0.15, -0.1) is 5.10 Å². The smallest absolute Gasteiger partial charge is 0.303 e. The number of carboxylic acids is 1. The van der Waals surface area contributed by atoms with Crippen LogP contribution in [0.3, 0.4) is 0 Å². The number of rotatable bonds is 4. The van der Waals surface area contributed by atoms with Gasteiger partial charge in [0.25, 0.3) is 0 Å². The number of ether oxygens (including phenoxy) is 2. The number of H-pyrrole nitrogens is 2. The molecule has 0 radical (unpaired) electrons. The van der Waals surface area contributed by atoms with E-state index in [0.29, 0.717) is 48.5 Å². The third kappa shape index (κ3) is 5.92. The Morgan fingerprint density at radius 1 is 1.12 bits per heavy atom. The minimum Gasteiger partial charge on any atom is -0.481 e. The van der Waals surface area contributed by atoms with Gasteiger partial charge in [-0.25, -0.2) is 18.4 Å². The molecule has 1 unspecified atom stereocenters. The van der Waals surface area contributed by atoms with Crippen LogP contribution in [0.5, 0.6) is 11.5 Å². The topological polar surface area (TPSA) is 144 Å². The number of carbonyl (C=O) groups is 1. The Balaban J connectivity index is 1.33. The molecule has 3 N–H and O–H groups in total. The van der Waals surface area contributed by atoms with Crippen molar-refractivity contribution in [2.24, 2.45) is 0 Å². The number of aromatic amines is 2. The minimum atomic E-state index is -0.872. The second-order valence-corrected chi connectivity index (χ2v) is 12.2. The van der Waals surface area contributed by atoms with Crippen LogP contribution in [0.2, 0.25) is 0 Å². The summed E-state index contributed by atoms with van der Waals surface area (Å²) < 4.78 is 45.0. The minimum absolute atomic E-state index is 0.00657. The van der Waals surface area contributed by atoms with Crippen LogP contribution in [0.4, 0.5) is 8.78 Å². The molecule has 0 saturated carbocycles. The lowest BCUT2D eigenvalue weighted by molar-refractivity contribution is -0.136. The summed E-state index contributed by atoms with van der Waals surface area (Å²) in [5.41, 5.74) is 3.71. The number of aryl methyl sites for hydroxylation is 1. The van der Waals surface area contributed by atoms with Crippen molar-refractivity contribution in [3.05, 3.63) is 106 Å². The number of nitrogens with one attached hydrogen (secondary N) is 2. The normalized spacial score (nSPS) is 16.8. The fourth-order valence-electron chi connectivity index (χ4n) is 6.22. The van der Waals surface area contributed by atoms with Crippen LogP contribution < -0.4 is 4.74 Å². The van der Waals surface area contributed by atoms with E-state index < -0.39 is 23.0 Å². The van der Waals surface area contributed by atoms with Gasteiger partial charge in [-0.1, -0.05) is 29.5 Å². The Morgan fingerprint density at radius 2 is 2.00 bits per heavy atom. The molecule has 0 aliphatic carbocycles. The maximum atomic E-state index is 15.7. The van der Waals surface area contributed by atoms with Crippen molar-refractivity contribution in [1.82, 2.24) is 35.2 Å². The van der Waals surface area contributed by atoms with Gasteiger partial charge in [-0.05, 0) is 68.5 Å². The molecule has 246 valence electrons. The van der Waals surface area contributed by atoms with Gasteiger partial charge in [-0.2, -0.15) is 5.10 Å². The second kappa shape index (κ2) is 12.6. The molecule has 0 saturated heterocycles. The number of carboxylic acid groups (broad SMARTS) is 1. The fourth-order valence-corrected chi connectivity index (χ4v) is 6.22. The van der Waals surface area contributed by atoms with Crippen LogP contribution in [0.15, 0.2) is 60.8 Å². The molecule has 0 amide bonds. The third-order valence-corrected chi connectivity index (χ3v) is 9.05. The monoisotopic (exact) mass is 653 g/mol. The van der Waals surface area contributed by atoms with Gasteiger partial charge in [-0.3, -0.25) is 9.89 Å². The van der Waals surface area contributed by atoms with Crippen LogP contribution in [-0.2, 0) is 34.5 Å². The summed E-state index contributed by atoms with van der Waals surface area (Å²) in [4.78, 5) is 19.1. The first-order valence-corrected chi connectivity index (χ1v) is 15.7. The van der Waals surface area contributed by atoms with Crippen LogP contribution in [0.1, 0.15) is 60.1 Å². The van der Waals surface area contributed by atoms with Gasteiger partial charge in [0.05, 0.1) is 29.8 Å². The number of benzene rings is 3. The molecular weight excluding hydrogens is 620 g/mol. The number of halogens is 2. The SMILES string of the molecule is Cc1c2nnn1Cc1c(c(F)cc3[nH]ccc13)Oc1ccc(F)c(c1)-c1n[nH]c(n1)C(C)(c1cccc(CCC(=O)O)c1)CCCOC2. The molecule has 0 spiro atoms. The quantitative estimate of drug-likeness (QED) is 0.193. The van der Waals surface area contributed by atoms with Gasteiger partial charge in [0, 0.05) is 41.8 Å². The van der Waals surface area contributed by atoms with E-state index in [-0.39, 0.29) is 42.5 Å². The average molecular weight is 654 g/mol. The van der Waals surface area contributed by atoms with E-state index in [2.05, 4.69) is 25.5 Å². The maximum absolute atomic E-state index is 15.7. The first-order chi connectivity index (χ1) is 23.2. The molecule has 6 aromatic rings. The predicted octanol–water partition coefficient (Wildman–Crippen LogP) is 6.61. The Labute approximate surface area is 273 Å². The number of nitrogens with zero attached hydrogens (tertiary/aromatic N) is 5. The van der Waals surface area contributed by atoms with Crippen molar-refractivity contribution in [2.45, 2.75) is 58.1 Å². The van der Waals surface area contributed by atoms with Crippen molar-refractivity contribution >= 4 is 16.9 Å². The first kappa shape index (κ1) is 31.2. The van der Waals surface area contributed by atoms with E-state index in [9.17, 15) is 9.90 Å². The second-order valence-electron chi connectivity index (χ2n) is 12.2. The lowest BCUT2D eigenvalue weighted by atomic mass is 9.77. The molecule has 6 bridgehead atoms. The Morgan fingerprint density at radius 3 is 2.85 bits per heavy atom. The van der Waals surface area contributed by atoms with Gasteiger partial charge in [0.1, 0.15) is 23.1 Å². The van der Waals surface area contributed by atoms with Crippen molar-refractivity contribution in [2.75, 3.05) is 6.61 Å². The van der Waals surface area contributed by atoms with Crippen LogP contribution in [-0.4, -0.2) is 52.8 Å². The average Bonchev–Trinajstić information content (AvgIpc) is 3.83. The van der Waals surface area contributed by atoms with Gasteiger partial charge in [0.15, 0.2) is 17.4 Å². The highest BCUT2D eigenvalue weighted by molar-refractivity contribution is 5.85. The summed E-state index contributed by atoms with van der Waals surface area (Å²) in [6.07, 6.45) is 3.33. The number of hydrogen-bond acceptors (Lipinski definition) is 7. The highest BCUT2D eigenvalue weighted by Crippen LogP contribution is 2.39. The van der Waals surface area contributed by atoms with Gasteiger partial charge < -0.3 is 19.6 Å². The number of aromatic nitrogens is 7. The van der Waals surface area contributed by atoms with Crippen molar-refractivity contribution < 1.29 is 28.2 Å². The molecule has 1 aliphatic rings. The van der Waals surface area contributed by atoms with E-state index in [4.69, 9.17) is 14.5 Å². The standard InChI is InChI=1S/C35H33F2N7O4/c1-20-30-19-47-14-4-12-35(2,22-6-3-5-21(15-22)7-10-31(45)46)34-39-33(41-42-34)25-16-23(8-9-27(25)36)48-32-26(18-44(20)43-40-30)24-11-13-38-29(24)17-28(32)37/h3,5-6,8-9,11,13,15-17,38H,4,7,10,12,14,18-19H2,1-2H3,(H,45,46)(H,39,41,42). The molecule has 7 rings (SSSR count). The number of fused-ring (bicyclic) bond motifs is 10. The summed E-state index contributed by atoms with van der Waals surface area (Å²) >= 11 is 0. The Bertz CT molecular complexity index is 2140. The molecule has 1 atom stereocenters. The summed E-state index contributed by atoms with van der Waals surface area (Å²) in [5.74, 6) is -1.25. The molecule has 11 nitrogen and oxygen atoms in total. The largest absolute Gasteiger partial charge is 0.481 e. The zero-order chi connectivity index (χ0) is 33.4. The van der Waals surface area contributed by atoms with E-state index in [0.717, 1.165) is 22.2 Å². The van der Waals surface area contributed by atoms with E-state index in [1.165, 1.54) is 24.3 Å². The summed E-state index contributed by atoms with van der Waals surface area (Å²) in [6.45, 7) is 4.71. The van der Waals surface area contributed by atoms with Gasteiger partial charge >= 0.3 is 5.97 Å². The predicted molar refractivity (Wildman–Crippen MR) is 172 cm³/mol. The molecule has 3 aromatic carbocycles. The molecule has 1 aliphatic heterocycles. The van der Waals surface area contributed by atoms with Crippen LogP contribution in [0, 0.1) is 18.6 Å². The summed E-state index contributed by atoms with van der Waals surface area (Å²) in [5, 5.41) is 26.1. The highest BCUT2D eigenvalue weighted by Gasteiger charge is 2.33. The van der Waals surface area contributed by atoms with Crippen LogP contribution >= 0.6 is 0 Å². The Kier molecular flexibility index (Phi) is 8.21. The number of aliphatic carboxylic acids is 1. The maximum Gasteiger partial charge on any atom is 0.303 e. The van der Waals surface area contributed by atoms with Crippen molar-refractivity contribution in [3.63, 3.8) is 0 Å². The van der Waals surface area contributed by atoms with Crippen molar-refractivity contribution in [3.8, 4) is 22.9 Å². The van der Waals surface area contributed by atoms with Crippen LogP contribution in [0.25, 0.3) is 22.3 Å². The number of hydrogen-bond donors (Lipinski definition) is 3. The first-order valence-electron chi connectivity index (χ1n) is 15.7. The summed E-state index contributed by atoms with van der Waals surface area (Å²) in [7, 11) is 0. The molecule has 13 heteroatoms. The third-order valence-electron chi connectivity index (χ3n) is 9.05. The molecule has 4 heterocycles. The lowest BCUT2D eigenvalue weighted by Gasteiger charge is -2.28. The zero-order valence-corrected chi connectivity index (χ0v) is 26.4. The molecular formula is C35H33F2N7O4. The molecule has 3 aromatic heterocycles. The molecule has 0 fully saturated rings. The summed E-state index contributed by atoms with van der Waals surface area (Å²) in [6, 6.07) is 15.1. The zero-order valence-electron chi connectivity index (χ0n) is 26.4. The van der Waals surface area contributed by atoms with E-state index >= 15 is 8.78 Å².